The molecule has 0 unspecified atom stereocenters. The molecule has 0 bridgehead atoms. The molecule has 21 heavy (non-hydrogen) atoms. The van der Waals surface area contributed by atoms with E-state index in [1.165, 1.54) is 0 Å². The molecule has 3 rings (SSSR count). The highest BCUT2D eigenvalue weighted by molar-refractivity contribution is 6.30. The van der Waals surface area contributed by atoms with E-state index in [-0.39, 0.29) is 0 Å². The third-order valence-corrected chi connectivity index (χ3v) is 3.46. The number of hydrogen-bond donors (Lipinski definition) is 0. The van der Waals surface area contributed by atoms with Crippen LogP contribution in [0.15, 0.2) is 54.7 Å². The number of aldehydes is 1. The molecule has 2 aromatic carbocycles. The number of pyridine rings is 1. The van der Waals surface area contributed by atoms with E-state index in [0.717, 1.165) is 22.8 Å². The summed E-state index contributed by atoms with van der Waals surface area (Å²) in [7, 11) is 0. The lowest BCUT2D eigenvalue weighted by Gasteiger charge is -2.10. The van der Waals surface area contributed by atoms with E-state index in [1.54, 1.807) is 24.4 Å². The smallest absolute Gasteiger partial charge is 0.153 e. The van der Waals surface area contributed by atoms with E-state index in [4.69, 9.17) is 16.3 Å². The number of fused-ring (bicyclic) bond motifs is 1. The Morgan fingerprint density at radius 2 is 2.00 bits per heavy atom. The second-order valence-corrected chi connectivity index (χ2v) is 5.01. The summed E-state index contributed by atoms with van der Waals surface area (Å²) in [5, 5.41) is 1.56. The number of aromatic nitrogens is 1. The summed E-state index contributed by atoms with van der Waals surface area (Å²) in [5.74, 6) is 0.523. The predicted octanol–water partition coefficient (Wildman–Crippen LogP) is 4.28. The highest BCUT2D eigenvalue weighted by Crippen LogP contribution is 2.24. The van der Waals surface area contributed by atoms with Crippen LogP contribution in [-0.4, -0.2) is 11.3 Å². The van der Waals surface area contributed by atoms with Gasteiger partial charge >= 0.3 is 0 Å². The zero-order valence-electron chi connectivity index (χ0n) is 11.1. The standard InChI is InChI=1S/C17H12ClNO2/c18-14-5-6-17(13(9-14)10-20)21-11-12-7-8-19-16-4-2-1-3-15(12)16/h1-10H,11H2. The quantitative estimate of drug-likeness (QED) is 0.675. The van der Waals surface area contributed by atoms with Gasteiger partial charge in [0.1, 0.15) is 12.4 Å². The van der Waals surface area contributed by atoms with Crippen molar-refractivity contribution in [3.8, 4) is 5.75 Å². The molecule has 0 spiro atoms. The lowest BCUT2D eigenvalue weighted by molar-refractivity contribution is 0.111. The first-order valence-electron chi connectivity index (χ1n) is 6.48. The molecule has 104 valence electrons. The Hall–Kier alpha value is -2.39. The SMILES string of the molecule is O=Cc1cc(Cl)ccc1OCc1ccnc2ccccc12. The van der Waals surface area contributed by atoms with Gasteiger partial charge < -0.3 is 4.74 Å². The highest BCUT2D eigenvalue weighted by atomic mass is 35.5. The first kappa shape index (κ1) is 13.6. The Balaban J connectivity index is 1.89. The molecule has 0 fully saturated rings. The summed E-state index contributed by atoms with van der Waals surface area (Å²) in [5.41, 5.74) is 2.39. The maximum absolute atomic E-state index is 11.1. The summed E-state index contributed by atoms with van der Waals surface area (Å²) < 4.78 is 5.76. The molecule has 1 heterocycles. The molecule has 0 radical (unpaired) electrons. The van der Waals surface area contributed by atoms with Gasteiger partial charge in [-0.25, -0.2) is 0 Å². The van der Waals surface area contributed by atoms with Crippen molar-refractivity contribution < 1.29 is 9.53 Å². The zero-order valence-corrected chi connectivity index (χ0v) is 11.9. The number of carbonyl (C=O) groups is 1. The maximum atomic E-state index is 11.1. The van der Waals surface area contributed by atoms with Crippen LogP contribution in [0.25, 0.3) is 10.9 Å². The van der Waals surface area contributed by atoms with Crippen molar-refractivity contribution >= 4 is 28.8 Å². The molecule has 0 amide bonds. The van der Waals surface area contributed by atoms with Gasteiger partial charge in [-0.15, -0.1) is 0 Å². The fourth-order valence-corrected chi connectivity index (χ4v) is 2.36. The lowest BCUT2D eigenvalue weighted by Crippen LogP contribution is -1.99. The first-order chi connectivity index (χ1) is 10.3. The van der Waals surface area contributed by atoms with Gasteiger partial charge in [-0.3, -0.25) is 9.78 Å². The first-order valence-corrected chi connectivity index (χ1v) is 6.86. The zero-order chi connectivity index (χ0) is 14.7. The number of benzene rings is 2. The third-order valence-electron chi connectivity index (χ3n) is 3.22. The van der Waals surface area contributed by atoms with Gasteiger partial charge in [-0.1, -0.05) is 29.8 Å². The van der Waals surface area contributed by atoms with Crippen LogP contribution in [0.2, 0.25) is 5.02 Å². The molecule has 0 aliphatic rings. The van der Waals surface area contributed by atoms with Gasteiger partial charge in [-0.2, -0.15) is 0 Å². The molecular weight excluding hydrogens is 286 g/mol. The van der Waals surface area contributed by atoms with Gasteiger partial charge in [0.25, 0.3) is 0 Å². The van der Waals surface area contributed by atoms with Gasteiger partial charge in [0, 0.05) is 22.2 Å². The van der Waals surface area contributed by atoms with Crippen LogP contribution in [-0.2, 0) is 6.61 Å². The predicted molar refractivity (Wildman–Crippen MR) is 82.9 cm³/mol. The highest BCUT2D eigenvalue weighted by Gasteiger charge is 2.06. The number of carbonyl (C=O) groups excluding carboxylic acids is 1. The van der Waals surface area contributed by atoms with Crippen LogP contribution in [0.4, 0.5) is 0 Å². The molecule has 0 saturated heterocycles. The number of hydrogen-bond acceptors (Lipinski definition) is 3. The second kappa shape index (κ2) is 5.94. The maximum Gasteiger partial charge on any atom is 0.153 e. The molecule has 0 saturated carbocycles. The molecule has 3 aromatic rings. The largest absolute Gasteiger partial charge is 0.488 e. The molecule has 1 aromatic heterocycles. The van der Waals surface area contributed by atoms with E-state index in [0.29, 0.717) is 22.9 Å². The molecule has 0 aliphatic carbocycles. The summed E-state index contributed by atoms with van der Waals surface area (Å²) in [6.45, 7) is 0.367. The molecule has 0 aliphatic heterocycles. The molecular formula is C17H12ClNO2. The number of para-hydroxylation sites is 1. The van der Waals surface area contributed by atoms with Crippen molar-refractivity contribution in [2.24, 2.45) is 0 Å². The minimum Gasteiger partial charge on any atom is -0.488 e. The second-order valence-electron chi connectivity index (χ2n) is 4.58. The Bertz CT molecular complexity index is 796. The van der Waals surface area contributed by atoms with Crippen molar-refractivity contribution in [3.05, 3.63) is 70.9 Å². The summed E-state index contributed by atoms with van der Waals surface area (Å²) in [6.07, 6.45) is 2.50. The minimum atomic E-state index is 0.367. The van der Waals surface area contributed by atoms with Gasteiger partial charge in [0.05, 0.1) is 11.1 Å². The van der Waals surface area contributed by atoms with Gasteiger partial charge in [-0.05, 0) is 30.3 Å². The van der Waals surface area contributed by atoms with Crippen LogP contribution < -0.4 is 4.74 Å². The molecule has 4 heteroatoms. The Morgan fingerprint density at radius 3 is 2.86 bits per heavy atom. The van der Waals surface area contributed by atoms with Crippen LogP contribution >= 0.6 is 11.6 Å². The van der Waals surface area contributed by atoms with E-state index < -0.39 is 0 Å². The van der Waals surface area contributed by atoms with E-state index in [2.05, 4.69) is 4.98 Å². The Morgan fingerprint density at radius 1 is 1.14 bits per heavy atom. The van der Waals surface area contributed by atoms with Crippen LogP contribution in [0, 0.1) is 0 Å². The van der Waals surface area contributed by atoms with Crippen molar-refractivity contribution in [3.63, 3.8) is 0 Å². The summed E-state index contributed by atoms with van der Waals surface area (Å²) in [6, 6.07) is 14.8. The van der Waals surface area contributed by atoms with E-state index in [1.807, 2.05) is 30.3 Å². The Kier molecular flexibility index (Phi) is 3.84. The molecule has 0 N–H and O–H groups in total. The molecule has 3 nitrogen and oxygen atoms in total. The van der Waals surface area contributed by atoms with Gasteiger partial charge in [0.15, 0.2) is 6.29 Å². The number of nitrogens with zero attached hydrogens (tertiary/aromatic N) is 1. The fraction of sp³-hybridized carbons (Fsp3) is 0.0588. The molecule has 0 atom stereocenters. The van der Waals surface area contributed by atoms with Crippen molar-refractivity contribution in [2.75, 3.05) is 0 Å². The normalized spacial score (nSPS) is 10.5. The van der Waals surface area contributed by atoms with E-state index in [9.17, 15) is 4.79 Å². The van der Waals surface area contributed by atoms with E-state index >= 15 is 0 Å². The van der Waals surface area contributed by atoms with Crippen molar-refractivity contribution in [1.82, 2.24) is 4.98 Å². The number of halogens is 1. The summed E-state index contributed by atoms with van der Waals surface area (Å²) >= 11 is 5.87. The van der Waals surface area contributed by atoms with Crippen molar-refractivity contribution in [1.29, 1.82) is 0 Å². The minimum absolute atomic E-state index is 0.367. The fourth-order valence-electron chi connectivity index (χ4n) is 2.18. The average Bonchev–Trinajstić information content (AvgIpc) is 2.53. The van der Waals surface area contributed by atoms with Gasteiger partial charge in [0.2, 0.25) is 0 Å². The lowest BCUT2D eigenvalue weighted by atomic mass is 10.1. The van der Waals surface area contributed by atoms with Crippen LogP contribution in [0.1, 0.15) is 15.9 Å². The summed E-state index contributed by atoms with van der Waals surface area (Å²) in [4.78, 5) is 15.4. The van der Waals surface area contributed by atoms with Crippen molar-refractivity contribution in [2.45, 2.75) is 6.61 Å². The monoisotopic (exact) mass is 297 g/mol. The topological polar surface area (TPSA) is 39.2 Å². The average molecular weight is 298 g/mol. The van der Waals surface area contributed by atoms with Crippen LogP contribution in [0.5, 0.6) is 5.75 Å². The number of rotatable bonds is 4. The van der Waals surface area contributed by atoms with Crippen LogP contribution in [0.3, 0.4) is 0 Å². The third kappa shape index (κ3) is 2.88. The Labute approximate surface area is 127 Å². The number of ether oxygens (including phenoxy) is 1.